The van der Waals surface area contributed by atoms with Crippen LogP contribution in [-0.4, -0.2) is 35.9 Å². The number of anilines is 1. The summed E-state index contributed by atoms with van der Waals surface area (Å²) in [6, 6.07) is 18.8. The van der Waals surface area contributed by atoms with Crippen molar-refractivity contribution in [3.8, 4) is 5.75 Å². The van der Waals surface area contributed by atoms with E-state index in [9.17, 15) is 14.4 Å². The molecular weight excluding hydrogens is 466 g/mol. The van der Waals surface area contributed by atoms with Gasteiger partial charge < -0.3 is 15.4 Å². The predicted molar refractivity (Wildman–Crippen MR) is 135 cm³/mol. The number of carbonyl (C=O) groups excluding carboxylic acids is 3. The zero-order chi connectivity index (χ0) is 25.1. The molecule has 8 heteroatoms. The molecule has 0 radical (unpaired) electrons. The molecule has 0 aliphatic carbocycles. The Hall–Kier alpha value is -3.84. The van der Waals surface area contributed by atoms with Gasteiger partial charge in [0.1, 0.15) is 17.8 Å². The number of methoxy groups -OCH3 is 1. The Kier molecular flexibility index (Phi) is 7.07. The van der Waals surface area contributed by atoms with Crippen LogP contribution < -0.4 is 15.4 Å². The second-order valence-corrected chi connectivity index (χ2v) is 8.89. The third-order valence-corrected chi connectivity index (χ3v) is 6.46. The molecular formula is C27H26ClN3O4. The molecule has 4 amide bonds. The number of nitrogens with zero attached hydrogens (tertiary/aromatic N) is 1. The van der Waals surface area contributed by atoms with E-state index in [4.69, 9.17) is 16.3 Å². The molecule has 0 aromatic heterocycles. The van der Waals surface area contributed by atoms with Crippen LogP contribution in [0, 0.1) is 6.92 Å². The van der Waals surface area contributed by atoms with Crippen molar-refractivity contribution < 1.29 is 19.1 Å². The molecule has 180 valence electrons. The van der Waals surface area contributed by atoms with E-state index in [0.717, 1.165) is 16.0 Å². The Morgan fingerprint density at radius 3 is 2.37 bits per heavy atom. The molecule has 3 aromatic carbocycles. The molecule has 0 spiro atoms. The minimum atomic E-state index is -1.11. The van der Waals surface area contributed by atoms with Crippen LogP contribution in [-0.2, 0) is 9.59 Å². The Balaban J connectivity index is 1.68. The van der Waals surface area contributed by atoms with Crippen LogP contribution >= 0.6 is 11.6 Å². The lowest BCUT2D eigenvalue weighted by Crippen LogP contribution is -2.50. The van der Waals surface area contributed by atoms with Crippen molar-refractivity contribution in [2.24, 2.45) is 0 Å². The average Bonchev–Trinajstić information content (AvgIpc) is 3.15. The number of halogens is 1. The van der Waals surface area contributed by atoms with Crippen molar-refractivity contribution in [3.05, 3.63) is 94.5 Å². The summed E-state index contributed by atoms with van der Waals surface area (Å²) in [5.74, 6) is -0.860. The number of benzene rings is 3. The highest BCUT2D eigenvalue weighted by Crippen LogP contribution is 2.32. The van der Waals surface area contributed by atoms with Gasteiger partial charge in [0.2, 0.25) is 5.91 Å². The summed E-state index contributed by atoms with van der Waals surface area (Å²) >= 11 is 6.34. The Labute approximate surface area is 209 Å². The van der Waals surface area contributed by atoms with Crippen LogP contribution in [0.1, 0.15) is 35.6 Å². The maximum atomic E-state index is 13.6. The third-order valence-electron chi connectivity index (χ3n) is 6.15. The summed E-state index contributed by atoms with van der Waals surface area (Å²) in [4.78, 5) is 41.2. The first-order chi connectivity index (χ1) is 16.8. The first kappa shape index (κ1) is 24.3. The van der Waals surface area contributed by atoms with Gasteiger partial charge >= 0.3 is 6.03 Å². The van der Waals surface area contributed by atoms with E-state index in [2.05, 4.69) is 10.6 Å². The van der Waals surface area contributed by atoms with Gasteiger partial charge in [-0.3, -0.25) is 9.59 Å². The molecule has 1 fully saturated rings. The van der Waals surface area contributed by atoms with Gasteiger partial charge in [0, 0.05) is 5.92 Å². The van der Waals surface area contributed by atoms with Crippen LogP contribution in [0.3, 0.4) is 0 Å². The molecule has 1 aliphatic heterocycles. The SMILES string of the molecule is COc1ccc([C@H]2NC(=O)N(C(C(=O)Nc3ccc(C)cc3Cl)C(C)c3ccccc3)C2=O)cc1. The van der Waals surface area contributed by atoms with Crippen LogP contribution in [0.4, 0.5) is 10.5 Å². The molecule has 2 unspecified atom stereocenters. The van der Waals surface area contributed by atoms with Crippen molar-refractivity contribution in [1.82, 2.24) is 10.2 Å². The number of hydrogen-bond donors (Lipinski definition) is 2. The van der Waals surface area contributed by atoms with Gasteiger partial charge in [-0.25, -0.2) is 9.69 Å². The van der Waals surface area contributed by atoms with Crippen LogP contribution in [0.5, 0.6) is 5.75 Å². The number of imide groups is 1. The van der Waals surface area contributed by atoms with Crippen molar-refractivity contribution in [2.45, 2.75) is 31.8 Å². The number of nitrogens with one attached hydrogen (secondary N) is 2. The fourth-order valence-electron chi connectivity index (χ4n) is 4.21. The lowest BCUT2D eigenvalue weighted by atomic mass is 9.91. The van der Waals surface area contributed by atoms with Crippen LogP contribution in [0.15, 0.2) is 72.8 Å². The van der Waals surface area contributed by atoms with Gasteiger partial charge in [0.05, 0.1) is 17.8 Å². The van der Waals surface area contributed by atoms with Crippen molar-refractivity contribution in [3.63, 3.8) is 0 Å². The van der Waals surface area contributed by atoms with Crippen molar-refractivity contribution >= 4 is 35.1 Å². The summed E-state index contributed by atoms with van der Waals surface area (Å²) in [7, 11) is 1.55. The summed E-state index contributed by atoms with van der Waals surface area (Å²) in [6.07, 6.45) is 0. The number of rotatable bonds is 7. The van der Waals surface area contributed by atoms with E-state index >= 15 is 0 Å². The van der Waals surface area contributed by atoms with Gasteiger partial charge in [-0.1, -0.05) is 67.1 Å². The quantitative estimate of drug-likeness (QED) is 0.452. The minimum absolute atomic E-state index is 0.373. The lowest BCUT2D eigenvalue weighted by molar-refractivity contribution is -0.134. The zero-order valence-electron chi connectivity index (χ0n) is 19.6. The Bertz CT molecular complexity index is 1250. The monoisotopic (exact) mass is 491 g/mol. The van der Waals surface area contributed by atoms with Gasteiger partial charge in [-0.05, 0) is 47.9 Å². The molecule has 1 heterocycles. The minimum Gasteiger partial charge on any atom is -0.497 e. The largest absolute Gasteiger partial charge is 0.497 e. The fourth-order valence-corrected chi connectivity index (χ4v) is 4.50. The van der Waals surface area contributed by atoms with Crippen molar-refractivity contribution in [1.29, 1.82) is 0 Å². The first-order valence-corrected chi connectivity index (χ1v) is 11.6. The number of urea groups is 1. The average molecular weight is 492 g/mol. The Morgan fingerprint density at radius 2 is 1.74 bits per heavy atom. The molecule has 3 aromatic rings. The van der Waals surface area contributed by atoms with E-state index < -0.39 is 35.8 Å². The Morgan fingerprint density at radius 1 is 1.06 bits per heavy atom. The van der Waals surface area contributed by atoms with Gasteiger partial charge in [-0.15, -0.1) is 0 Å². The topological polar surface area (TPSA) is 87.7 Å². The molecule has 3 atom stereocenters. The normalized spacial score (nSPS) is 17.0. The highest BCUT2D eigenvalue weighted by molar-refractivity contribution is 6.33. The zero-order valence-corrected chi connectivity index (χ0v) is 20.4. The van der Waals surface area contributed by atoms with E-state index in [1.807, 2.05) is 50.2 Å². The van der Waals surface area contributed by atoms with Gasteiger partial charge in [-0.2, -0.15) is 0 Å². The second kappa shape index (κ2) is 10.2. The highest BCUT2D eigenvalue weighted by Gasteiger charge is 2.47. The standard InChI is InChI=1S/C27H26ClN3O4/c1-16-9-14-22(21(28)15-16)29-25(32)24(17(2)18-7-5-4-6-8-18)31-26(33)23(30-27(31)34)19-10-12-20(35-3)13-11-19/h4-15,17,23-24H,1-3H3,(H,29,32)(H,30,34)/t17?,23-,24?/m1/s1. The predicted octanol–water partition coefficient (Wildman–Crippen LogP) is 5.06. The van der Waals surface area contributed by atoms with E-state index in [-0.39, 0.29) is 0 Å². The molecule has 1 saturated heterocycles. The second-order valence-electron chi connectivity index (χ2n) is 8.48. The maximum absolute atomic E-state index is 13.6. The molecule has 0 saturated carbocycles. The number of hydrogen-bond acceptors (Lipinski definition) is 4. The summed E-state index contributed by atoms with van der Waals surface area (Å²) in [5.41, 5.74) is 2.76. The fraction of sp³-hybridized carbons (Fsp3) is 0.222. The van der Waals surface area contributed by atoms with Crippen LogP contribution in [0.25, 0.3) is 0 Å². The molecule has 1 aliphatic rings. The highest BCUT2D eigenvalue weighted by atomic mass is 35.5. The summed E-state index contributed by atoms with van der Waals surface area (Å²) in [5, 5.41) is 5.91. The van der Waals surface area contributed by atoms with E-state index in [1.165, 1.54) is 0 Å². The number of aryl methyl sites for hydroxylation is 1. The van der Waals surface area contributed by atoms with Gasteiger partial charge in [0.25, 0.3) is 5.91 Å². The smallest absolute Gasteiger partial charge is 0.325 e. The molecule has 7 nitrogen and oxygen atoms in total. The van der Waals surface area contributed by atoms with E-state index in [1.54, 1.807) is 43.5 Å². The van der Waals surface area contributed by atoms with Gasteiger partial charge in [0.15, 0.2) is 0 Å². The summed E-state index contributed by atoms with van der Waals surface area (Å²) in [6.45, 7) is 3.71. The molecule has 35 heavy (non-hydrogen) atoms. The number of ether oxygens (including phenoxy) is 1. The maximum Gasteiger partial charge on any atom is 0.325 e. The first-order valence-electron chi connectivity index (χ1n) is 11.2. The molecule has 4 rings (SSSR count). The lowest BCUT2D eigenvalue weighted by Gasteiger charge is -2.30. The number of carbonyl (C=O) groups is 3. The van der Waals surface area contributed by atoms with E-state index in [0.29, 0.717) is 22.0 Å². The van der Waals surface area contributed by atoms with Crippen LogP contribution in [0.2, 0.25) is 5.02 Å². The third kappa shape index (κ3) is 5.00. The summed E-state index contributed by atoms with van der Waals surface area (Å²) < 4.78 is 5.18. The van der Waals surface area contributed by atoms with Crippen molar-refractivity contribution in [2.75, 3.05) is 12.4 Å². The molecule has 2 N–H and O–H groups in total. The number of amides is 4. The molecule has 0 bridgehead atoms.